The molecule has 0 spiro atoms. The zero-order chi connectivity index (χ0) is 24.2. The maximum atomic E-state index is 13.3. The van der Waals surface area contributed by atoms with Crippen molar-refractivity contribution in [3.8, 4) is 0 Å². The van der Waals surface area contributed by atoms with Crippen molar-refractivity contribution in [2.24, 2.45) is 0 Å². The first-order valence-corrected chi connectivity index (χ1v) is 12.2. The molecule has 2 atom stereocenters. The third-order valence-electron chi connectivity index (χ3n) is 6.30. The van der Waals surface area contributed by atoms with Gasteiger partial charge in [0, 0.05) is 33.6 Å². The van der Waals surface area contributed by atoms with Crippen LogP contribution in [-0.2, 0) is 0 Å². The highest BCUT2D eigenvalue weighted by molar-refractivity contribution is 6.31. The zero-order valence-corrected chi connectivity index (χ0v) is 20.4. The Bertz CT molecular complexity index is 1500. The lowest BCUT2D eigenvalue weighted by atomic mass is 9.81. The molecule has 2 unspecified atom stereocenters. The Morgan fingerprint density at radius 2 is 0.971 bits per heavy atom. The van der Waals surface area contributed by atoms with Gasteiger partial charge in [-0.05, 0) is 46.0 Å². The van der Waals surface area contributed by atoms with Crippen LogP contribution < -0.4 is 5.56 Å². The predicted octanol–water partition coefficient (Wildman–Crippen LogP) is 8.04. The minimum Gasteiger partial charge on any atom is -0.329 e. The molecule has 0 aliphatic carbocycles. The van der Waals surface area contributed by atoms with Crippen LogP contribution in [0, 0.1) is 0 Å². The number of hydrogen-bond acceptors (Lipinski definition) is 1. The minimum atomic E-state index is -0.323. The van der Waals surface area contributed by atoms with Crippen molar-refractivity contribution in [3.63, 3.8) is 0 Å². The van der Waals surface area contributed by atoms with Gasteiger partial charge in [-0.1, -0.05) is 120 Å². The van der Waals surface area contributed by atoms with Gasteiger partial charge in [0.15, 0.2) is 0 Å². The van der Waals surface area contributed by atoms with E-state index in [1.54, 1.807) is 6.20 Å². The Kier molecular flexibility index (Phi) is 6.85. The van der Waals surface area contributed by atoms with Crippen molar-refractivity contribution in [2.45, 2.75) is 11.8 Å². The summed E-state index contributed by atoms with van der Waals surface area (Å²) >= 11 is 13.3. The third kappa shape index (κ3) is 4.81. The Balaban J connectivity index is 1.74. The molecule has 0 fully saturated rings. The maximum absolute atomic E-state index is 13.3. The molecule has 0 saturated carbocycles. The van der Waals surface area contributed by atoms with E-state index in [-0.39, 0.29) is 17.4 Å². The highest BCUT2D eigenvalue weighted by Gasteiger charge is 2.25. The molecule has 2 nitrogen and oxygen atoms in total. The number of rotatable bonds is 6. The molecule has 5 rings (SSSR count). The monoisotopic (exact) mass is 495 g/mol. The summed E-state index contributed by atoms with van der Waals surface area (Å²) in [5, 5.41) is 1.30. The standard InChI is InChI=1S/C31H23Cl2NO/c32-27-17-9-7-15-24(27)29(21-11-3-1-4-12-21)23-19-26(31(35)34-20-23)30(22-13-5-2-6-14-22)25-16-8-10-18-28(25)33/h1-20,29-30H,(H,34,35). The predicted molar refractivity (Wildman–Crippen MR) is 145 cm³/mol. The van der Waals surface area contributed by atoms with Crippen molar-refractivity contribution in [2.75, 3.05) is 0 Å². The molecule has 1 aromatic heterocycles. The smallest absolute Gasteiger partial charge is 0.252 e. The first kappa shape index (κ1) is 23.2. The normalized spacial score (nSPS) is 12.7. The number of nitrogens with one attached hydrogen (secondary N) is 1. The van der Waals surface area contributed by atoms with Crippen LogP contribution in [0.5, 0.6) is 0 Å². The van der Waals surface area contributed by atoms with Gasteiger partial charge in [0.1, 0.15) is 0 Å². The largest absolute Gasteiger partial charge is 0.329 e. The molecular weight excluding hydrogens is 473 g/mol. The number of benzene rings is 4. The van der Waals surface area contributed by atoms with Crippen molar-refractivity contribution in [1.82, 2.24) is 4.98 Å². The fourth-order valence-corrected chi connectivity index (χ4v) is 5.18. The Morgan fingerprint density at radius 3 is 1.51 bits per heavy atom. The number of aromatic nitrogens is 1. The van der Waals surface area contributed by atoms with Crippen molar-refractivity contribution < 1.29 is 0 Å². The molecule has 1 N–H and O–H groups in total. The van der Waals surface area contributed by atoms with Crippen LogP contribution in [0.15, 0.2) is 126 Å². The van der Waals surface area contributed by atoms with Crippen molar-refractivity contribution in [1.29, 1.82) is 0 Å². The van der Waals surface area contributed by atoms with Crippen molar-refractivity contribution >= 4 is 23.2 Å². The summed E-state index contributed by atoms with van der Waals surface area (Å²) in [6.07, 6.45) is 1.79. The number of hydrogen-bond donors (Lipinski definition) is 1. The van der Waals surface area contributed by atoms with E-state index in [1.807, 2.05) is 103 Å². The van der Waals surface area contributed by atoms with Gasteiger partial charge in [0.05, 0.1) is 0 Å². The fraction of sp³-hybridized carbons (Fsp3) is 0.0645. The molecule has 0 saturated heterocycles. The molecule has 0 aliphatic rings. The summed E-state index contributed by atoms with van der Waals surface area (Å²) < 4.78 is 0. The summed E-state index contributed by atoms with van der Waals surface area (Å²) in [7, 11) is 0. The van der Waals surface area contributed by atoms with Crippen LogP contribution in [0.1, 0.15) is 45.2 Å². The van der Waals surface area contributed by atoms with E-state index in [2.05, 4.69) is 17.1 Å². The van der Waals surface area contributed by atoms with Crippen LogP contribution in [0.2, 0.25) is 10.0 Å². The van der Waals surface area contributed by atoms with Crippen LogP contribution in [0.4, 0.5) is 0 Å². The average molecular weight is 496 g/mol. The van der Waals surface area contributed by atoms with Gasteiger partial charge in [-0.15, -0.1) is 0 Å². The molecule has 0 radical (unpaired) electrons. The van der Waals surface area contributed by atoms with E-state index < -0.39 is 0 Å². The number of H-pyrrole nitrogens is 1. The van der Waals surface area contributed by atoms with Gasteiger partial charge >= 0.3 is 0 Å². The van der Waals surface area contributed by atoms with E-state index in [9.17, 15) is 4.79 Å². The first-order chi connectivity index (χ1) is 17.1. The second kappa shape index (κ2) is 10.4. The Hall–Kier alpha value is -3.59. The van der Waals surface area contributed by atoms with Gasteiger partial charge in [-0.25, -0.2) is 0 Å². The molecule has 0 bridgehead atoms. The van der Waals surface area contributed by atoms with Crippen molar-refractivity contribution in [3.05, 3.63) is 175 Å². The molecule has 172 valence electrons. The molecule has 5 aromatic rings. The van der Waals surface area contributed by atoms with Gasteiger partial charge in [0.25, 0.3) is 5.56 Å². The van der Waals surface area contributed by atoms with Gasteiger partial charge in [-0.2, -0.15) is 0 Å². The second-order valence-electron chi connectivity index (χ2n) is 8.45. The van der Waals surface area contributed by atoms with Gasteiger partial charge in [-0.3, -0.25) is 4.79 Å². The second-order valence-corrected chi connectivity index (χ2v) is 9.26. The highest BCUT2D eigenvalue weighted by Crippen LogP contribution is 2.39. The molecule has 4 heteroatoms. The molecule has 35 heavy (non-hydrogen) atoms. The lowest BCUT2D eigenvalue weighted by molar-refractivity contribution is 0.902. The summed E-state index contributed by atoms with van der Waals surface area (Å²) in [5.74, 6) is -0.473. The SMILES string of the molecule is O=c1[nH]cc(C(c2ccccc2)c2ccccc2Cl)cc1C(c1ccccc1)c1ccccc1Cl. The molecule has 4 aromatic carbocycles. The molecule has 0 aliphatic heterocycles. The van der Waals surface area contributed by atoms with E-state index in [4.69, 9.17) is 23.2 Å². The molecular formula is C31H23Cl2NO. The van der Waals surface area contributed by atoms with Gasteiger partial charge < -0.3 is 4.98 Å². The minimum absolute atomic E-state index is 0.145. The maximum Gasteiger partial charge on any atom is 0.252 e. The fourth-order valence-electron chi connectivity index (χ4n) is 4.69. The number of pyridine rings is 1. The summed E-state index contributed by atoms with van der Waals surface area (Å²) in [6.45, 7) is 0. The van der Waals surface area contributed by atoms with Crippen LogP contribution in [-0.4, -0.2) is 4.98 Å². The zero-order valence-electron chi connectivity index (χ0n) is 18.9. The summed E-state index contributed by atoms with van der Waals surface area (Å²) in [6, 6.07) is 37.7. The summed E-state index contributed by atoms with van der Waals surface area (Å²) in [4.78, 5) is 16.3. The van der Waals surface area contributed by atoms with E-state index >= 15 is 0 Å². The Morgan fingerprint density at radius 1 is 0.514 bits per heavy atom. The Labute approximate surface area is 214 Å². The number of halogens is 2. The quantitative estimate of drug-likeness (QED) is 0.254. The van der Waals surface area contributed by atoms with E-state index in [0.717, 1.165) is 27.8 Å². The van der Waals surface area contributed by atoms with E-state index in [1.165, 1.54) is 0 Å². The lowest BCUT2D eigenvalue weighted by Crippen LogP contribution is -2.20. The topological polar surface area (TPSA) is 32.9 Å². The van der Waals surface area contributed by atoms with Crippen LogP contribution in [0.3, 0.4) is 0 Å². The van der Waals surface area contributed by atoms with Crippen LogP contribution in [0.25, 0.3) is 0 Å². The average Bonchev–Trinajstić information content (AvgIpc) is 2.89. The van der Waals surface area contributed by atoms with Crippen LogP contribution >= 0.6 is 23.2 Å². The summed E-state index contributed by atoms with van der Waals surface area (Å²) in [5.41, 5.74) is 5.39. The first-order valence-electron chi connectivity index (χ1n) is 11.4. The highest BCUT2D eigenvalue weighted by atomic mass is 35.5. The number of aromatic amines is 1. The van der Waals surface area contributed by atoms with Gasteiger partial charge in [0.2, 0.25) is 0 Å². The molecule has 1 heterocycles. The lowest BCUT2D eigenvalue weighted by Gasteiger charge is -2.23. The van der Waals surface area contributed by atoms with E-state index in [0.29, 0.717) is 15.6 Å². The molecule has 0 amide bonds. The third-order valence-corrected chi connectivity index (χ3v) is 6.99.